The smallest absolute Gasteiger partial charge is 0.338 e. The zero-order chi connectivity index (χ0) is 32.3. The lowest BCUT2D eigenvalue weighted by molar-refractivity contribution is -0.166. The molecule has 4 rings (SSSR count). The van der Waals surface area contributed by atoms with E-state index in [1.165, 1.54) is 56.5 Å². The van der Waals surface area contributed by atoms with Gasteiger partial charge in [0.05, 0.1) is 48.2 Å². The summed E-state index contributed by atoms with van der Waals surface area (Å²) in [5.74, 6) is -0.742. The van der Waals surface area contributed by atoms with Crippen LogP contribution in [0.15, 0.2) is 42.5 Å². The van der Waals surface area contributed by atoms with E-state index in [4.69, 9.17) is 37.9 Å². The van der Waals surface area contributed by atoms with Gasteiger partial charge >= 0.3 is 11.9 Å². The molecule has 0 amide bonds. The molecule has 1 aliphatic carbocycles. The molecule has 3 aromatic carbocycles. The summed E-state index contributed by atoms with van der Waals surface area (Å²) < 4.78 is 46.8. The van der Waals surface area contributed by atoms with Crippen molar-refractivity contribution in [3.63, 3.8) is 0 Å². The number of fused-ring (bicyclic) bond motifs is 3. The lowest BCUT2D eigenvalue weighted by atomic mass is 9.71. The monoisotopic (exact) mass is 610 g/mol. The summed E-state index contributed by atoms with van der Waals surface area (Å²) in [6.07, 6.45) is -2.44. The van der Waals surface area contributed by atoms with Gasteiger partial charge in [-0.1, -0.05) is 25.1 Å². The number of carbonyl (C=O) groups is 2. The van der Waals surface area contributed by atoms with E-state index in [1.54, 1.807) is 49.4 Å². The number of hydrogen-bond acceptors (Lipinski definition) is 11. The minimum Gasteiger partial charge on any atom is -0.493 e. The van der Waals surface area contributed by atoms with Gasteiger partial charge in [-0.3, -0.25) is 4.79 Å². The second-order valence-corrected chi connectivity index (χ2v) is 10.4. The SMILES string of the molecule is COc1cc2c(c(OC)c1OC)-c1c(cc(OC)c(OC)c1OC)[C@H](OC(=O)c1ccccc1)[C@](C)(O)[C@H](C)[C@H]2OC(C)=O. The van der Waals surface area contributed by atoms with E-state index in [1.807, 2.05) is 0 Å². The maximum absolute atomic E-state index is 13.6. The van der Waals surface area contributed by atoms with Gasteiger partial charge in [0, 0.05) is 35.1 Å². The van der Waals surface area contributed by atoms with Crippen molar-refractivity contribution in [3.05, 3.63) is 59.2 Å². The van der Waals surface area contributed by atoms with E-state index in [2.05, 4.69) is 0 Å². The third-order valence-electron chi connectivity index (χ3n) is 7.99. The molecule has 0 saturated heterocycles. The Bertz CT molecular complexity index is 1530. The van der Waals surface area contributed by atoms with Gasteiger partial charge in [-0.15, -0.1) is 0 Å². The van der Waals surface area contributed by atoms with Crippen molar-refractivity contribution < 1.29 is 52.6 Å². The van der Waals surface area contributed by atoms with Crippen LogP contribution >= 0.6 is 0 Å². The third-order valence-corrected chi connectivity index (χ3v) is 7.99. The molecule has 1 N–H and O–H groups in total. The van der Waals surface area contributed by atoms with Crippen molar-refractivity contribution in [2.75, 3.05) is 42.7 Å². The van der Waals surface area contributed by atoms with Gasteiger partial charge in [-0.2, -0.15) is 0 Å². The maximum atomic E-state index is 13.6. The molecule has 0 heterocycles. The molecule has 0 saturated carbocycles. The number of aliphatic hydroxyl groups is 1. The number of methoxy groups -OCH3 is 6. The van der Waals surface area contributed by atoms with Crippen molar-refractivity contribution in [2.24, 2.45) is 5.92 Å². The molecule has 0 unspecified atom stereocenters. The van der Waals surface area contributed by atoms with Crippen LogP contribution < -0.4 is 28.4 Å². The quantitative estimate of drug-likeness (QED) is 0.317. The van der Waals surface area contributed by atoms with E-state index in [9.17, 15) is 14.7 Å². The molecule has 0 aromatic heterocycles. The van der Waals surface area contributed by atoms with E-state index in [0.717, 1.165) is 0 Å². The van der Waals surface area contributed by atoms with Crippen molar-refractivity contribution >= 4 is 11.9 Å². The summed E-state index contributed by atoms with van der Waals surface area (Å²) in [4.78, 5) is 26.2. The number of esters is 2. The van der Waals surface area contributed by atoms with Gasteiger partial charge in [0.15, 0.2) is 29.1 Å². The van der Waals surface area contributed by atoms with Crippen LogP contribution in [-0.2, 0) is 14.3 Å². The van der Waals surface area contributed by atoms with Gasteiger partial charge in [0.25, 0.3) is 0 Å². The molecule has 0 bridgehead atoms. The number of benzene rings is 3. The van der Waals surface area contributed by atoms with Crippen LogP contribution in [0.1, 0.15) is 54.5 Å². The molecule has 44 heavy (non-hydrogen) atoms. The standard InChI is InChI=1S/C33H38O11/c1-17-26(43-18(2)34)20-15-22(37-4)27(39-6)29(41-8)24(20)25-21(16-23(38-5)28(40-7)30(25)42-9)31(33(17,3)36)44-32(35)19-13-11-10-12-14-19/h10-17,26,31,36H,1-9H3/t17-,26-,31+,33-/m1/s1. The summed E-state index contributed by atoms with van der Waals surface area (Å²) in [6.45, 7) is 4.49. The van der Waals surface area contributed by atoms with E-state index < -0.39 is 35.7 Å². The van der Waals surface area contributed by atoms with Gasteiger partial charge in [-0.25, -0.2) is 4.79 Å². The van der Waals surface area contributed by atoms with Gasteiger partial charge in [0.1, 0.15) is 11.7 Å². The minimum absolute atomic E-state index is 0.182. The second kappa shape index (κ2) is 12.9. The first-order valence-corrected chi connectivity index (χ1v) is 13.8. The first-order valence-electron chi connectivity index (χ1n) is 13.8. The lowest BCUT2D eigenvalue weighted by Crippen LogP contribution is -2.46. The van der Waals surface area contributed by atoms with Crippen LogP contribution in [0.25, 0.3) is 11.1 Å². The first kappa shape index (κ1) is 32.3. The summed E-state index contributed by atoms with van der Waals surface area (Å²) in [5, 5.41) is 12.4. The molecular formula is C33H38O11. The Morgan fingerprint density at radius 2 is 1.18 bits per heavy atom. The van der Waals surface area contributed by atoms with Crippen molar-refractivity contribution in [1.29, 1.82) is 0 Å². The van der Waals surface area contributed by atoms with Crippen LogP contribution in [0.2, 0.25) is 0 Å². The van der Waals surface area contributed by atoms with E-state index in [0.29, 0.717) is 28.0 Å². The third kappa shape index (κ3) is 5.43. The number of ether oxygens (including phenoxy) is 8. The Labute approximate surface area is 256 Å². The highest BCUT2D eigenvalue weighted by Gasteiger charge is 2.51. The fourth-order valence-corrected chi connectivity index (χ4v) is 5.70. The molecule has 11 heteroatoms. The van der Waals surface area contributed by atoms with Crippen molar-refractivity contribution in [3.8, 4) is 45.6 Å². The second-order valence-electron chi connectivity index (χ2n) is 10.4. The van der Waals surface area contributed by atoms with Crippen LogP contribution in [0.3, 0.4) is 0 Å². The minimum atomic E-state index is -1.85. The predicted octanol–water partition coefficient (Wildman–Crippen LogP) is 5.31. The Kier molecular flexibility index (Phi) is 9.48. The Hall–Kier alpha value is -4.64. The molecule has 0 spiro atoms. The number of hydrogen-bond donors (Lipinski definition) is 1. The molecule has 236 valence electrons. The zero-order valence-electron chi connectivity index (χ0n) is 26.3. The molecule has 11 nitrogen and oxygen atoms in total. The highest BCUT2D eigenvalue weighted by molar-refractivity contribution is 5.92. The Morgan fingerprint density at radius 1 is 0.705 bits per heavy atom. The number of rotatable bonds is 9. The molecule has 0 fully saturated rings. The first-order chi connectivity index (χ1) is 21.0. The highest BCUT2D eigenvalue weighted by Crippen LogP contribution is 2.60. The normalized spacial score (nSPS) is 20.5. The molecule has 0 radical (unpaired) electrons. The van der Waals surface area contributed by atoms with Crippen LogP contribution in [0.5, 0.6) is 34.5 Å². The van der Waals surface area contributed by atoms with Crippen LogP contribution in [-0.4, -0.2) is 65.3 Å². The fourth-order valence-electron chi connectivity index (χ4n) is 5.70. The highest BCUT2D eigenvalue weighted by atomic mass is 16.6. The van der Waals surface area contributed by atoms with E-state index >= 15 is 0 Å². The lowest BCUT2D eigenvalue weighted by Gasteiger charge is -2.44. The van der Waals surface area contributed by atoms with Crippen LogP contribution in [0.4, 0.5) is 0 Å². The Balaban J connectivity index is 2.25. The number of carbonyl (C=O) groups excluding carboxylic acids is 2. The van der Waals surface area contributed by atoms with Gasteiger partial charge in [0.2, 0.25) is 11.5 Å². The zero-order valence-corrected chi connectivity index (χ0v) is 26.3. The summed E-state index contributed by atoms with van der Waals surface area (Å²) >= 11 is 0. The molecule has 3 aromatic rings. The predicted molar refractivity (Wildman–Crippen MR) is 160 cm³/mol. The van der Waals surface area contributed by atoms with Gasteiger partial charge < -0.3 is 43.0 Å². The summed E-state index contributed by atoms with van der Waals surface area (Å²) in [7, 11) is 8.74. The Morgan fingerprint density at radius 3 is 1.64 bits per heavy atom. The molecule has 0 aliphatic heterocycles. The van der Waals surface area contributed by atoms with Gasteiger partial charge in [-0.05, 0) is 31.2 Å². The van der Waals surface area contributed by atoms with Crippen LogP contribution in [0, 0.1) is 5.92 Å². The van der Waals surface area contributed by atoms with Crippen molar-refractivity contribution in [2.45, 2.75) is 38.6 Å². The maximum Gasteiger partial charge on any atom is 0.338 e. The molecule has 1 aliphatic rings. The molecular weight excluding hydrogens is 572 g/mol. The average molecular weight is 611 g/mol. The largest absolute Gasteiger partial charge is 0.493 e. The summed E-state index contributed by atoms with van der Waals surface area (Å²) in [6, 6.07) is 11.7. The van der Waals surface area contributed by atoms with Crippen molar-refractivity contribution in [1.82, 2.24) is 0 Å². The molecule has 4 atom stereocenters. The topological polar surface area (TPSA) is 128 Å². The summed E-state index contributed by atoms with van der Waals surface area (Å²) in [5.41, 5.74) is -0.133. The average Bonchev–Trinajstić information content (AvgIpc) is 3.03. The fraction of sp³-hybridized carbons (Fsp3) is 0.394. The van der Waals surface area contributed by atoms with E-state index in [-0.39, 0.29) is 34.3 Å².